The number of benzene rings is 2. The summed E-state index contributed by atoms with van der Waals surface area (Å²) in [6, 6.07) is 7.43. The first-order chi connectivity index (χ1) is 10.8. The molecule has 0 saturated carbocycles. The van der Waals surface area contributed by atoms with E-state index in [2.05, 4.69) is 15.4 Å². The minimum atomic E-state index is -4.31. The van der Waals surface area contributed by atoms with E-state index in [0.29, 0.717) is 11.8 Å². The number of carbonyl (C=O) groups is 1. The Morgan fingerprint density at radius 2 is 1.74 bits per heavy atom. The maximum Gasteiger partial charge on any atom is 0.318 e. The molecule has 2 aromatic rings. The van der Waals surface area contributed by atoms with Crippen LogP contribution in [0.3, 0.4) is 0 Å². The van der Waals surface area contributed by atoms with Crippen LogP contribution in [0.15, 0.2) is 47.4 Å². The average Bonchev–Trinajstić information content (AvgIpc) is 2.49. The zero-order valence-electron chi connectivity index (χ0n) is 11.9. The van der Waals surface area contributed by atoms with E-state index in [1.165, 1.54) is 31.3 Å². The molecule has 2 rings (SSSR count). The van der Waals surface area contributed by atoms with E-state index in [1.807, 2.05) is 0 Å². The van der Waals surface area contributed by atoms with Crippen LogP contribution >= 0.6 is 0 Å². The van der Waals surface area contributed by atoms with Gasteiger partial charge >= 0.3 is 6.03 Å². The van der Waals surface area contributed by atoms with Crippen LogP contribution in [0.5, 0.6) is 0 Å². The SMILES string of the molecule is CNC(=O)Nc1cccc(NS(=O)(=O)c2cc(F)ccc2F)c1. The molecule has 0 aromatic heterocycles. The number of hydrogen-bond acceptors (Lipinski definition) is 3. The first kappa shape index (κ1) is 16.7. The Morgan fingerprint density at radius 3 is 2.43 bits per heavy atom. The zero-order valence-corrected chi connectivity index (χ0v) is 12.7. The van der Waals surface area contributed by atoms with Gasteiger partial charge in [0.15, 0.2) is 0 Å². The Hall–Kier alpha value is -2.68. The number of halogens is 2. The quantitative estimate of drug-likeness (QED) is 0.798. The van der Waals surface area contributed by atoms with Crippen molar-refractivity contribution in [2.75, 3.05) is 17.1 Å². The van der Waals surface area contributed by atoms with Crippen molar-refractivity contribution >= 4 is 27.4 Å². The fourth-order valence-corrected chi connectivity index (χ4v) is 2.89. The van der Waals surface area contributed by atoms with E-state index >= 15 is 0 Å². The highest BCUT2D eigenvalue weighted by Gasteiger charge is 2.20. The fraction of sp³-hybridized carbons (Fsp3) is 0.0714. The van der Waals surface area contributed by atoms with Crippen molar-refractivity contribution in [3.8, 4) is 0 Å². The monoisotopic (exact) mass is 341 g/mol. The summed E-state index contributed by atoms with van der Waals surface area (Å²) in [5.74, 6) is -1.94. The van der Waals surface area contributed by atoms with Crippen molar-refractivity contribution in [1.82, 2.24) is 5.32 Å². The molecule has 0 aliphatic carbocycles. The number of nitrogens with one attached hydrogen (secondary N) is 3. The van der Waals surface area contributed by atoms with E-state index in [1.54, 1.807) is 0 Å². The molecule has 0 atom stereocenters. The van der Waals surface area contributed by atoms with Crippen molar-refractivity contribution in [1.29, 1.82) is 0 Å². The average molecular weight is 341 g/mol. The van der Waals surface area contributed by atoms with Crippen molar-refractivity contribution in [3.63, 3.8) is 0 Å². The predicted octanol–water partition coefficient (Wildman–Crippen LogP) is 2.52. The second-order valence-corrected chi connectivity index (χ2v) is 6.12. The molecule has 122 valence electrons. The van der Waals surface area contributed by atoms with Crippen LogP contribution in [-0.4, -0.2) is 21.5 Å². The largest absolute Gasteiger partial charge is 0.341 e. The van der Waals surface area contributed by atoms with Gasteiger partial charge in [-0.3, -0.25) is 4.72 Å². The van der Waals surface area contributed by atoms with Gasteiger partial charge in [-0.05, 0) is 36.4 Å². The molecule has 6 nitrogen and oxygen atoms in total. The molecular formula is C14H13F2N3O3S. The third-order valence-corrected chi connectivity index (χ3v) is 4.18. The van der Waals surface area contributed by atoms with E-state index in [-0.39, 0.29) is 5.69 Å². The number of urea groups is 1. The molecule has 3 N–H and O–H groups in total. The van der Waals surface area contributed by atoms with E-state index in [4.69, 9.17) is 0 Å². The van der Waals surface area contributed by atoms with Crippen LogP contribution in [0.2, 0.25) is 0 Å². The van der Waals surface area contributed by atoms with Crippen LogP contribution < -0.4 is 15.4 Å². The molecule has 0 unspecified atom stereocenters. The Labute approximate surface area is 131 Å². The Kier molecular flexibility index (Phi) is 4.80. The van der Waals surface area contributed by atoms with Crippen LogP contribution in [0.25, 0.3) is 0 Å². The van der Waals surface area contributed by atoms with Gasteiger partial charge in [-0.25, -0.2) is 22.0 Å². The van der Waals surface area contributed by atoms with Crippen LogP contribution in [0, 0.1) is 11.6 Å². The van der Waals surface area contributed by atoms with Crippen LogP contribution in [0.1, 0.15) is 0 Å². The molecule has 0 heterocycles. The Balaban J connectivity index is 2.29. The summed E-state index contributed by atoms with van der Waals surface area (Å²) in [5.41, 5.74) is 0.409. The second kappa shape index (κ2) is 6.61. The predicted molar refractivity (Wildman–Crippen MR) is 81.7 cm³/mol. The van der Waals surface area contributed by atoms with Gasteiger partial charge in [-0.2, -0.15) is 0 Å². The van der Waals surface area contributed by atoms with Crippen molar-refractivity contribution in [2.45, 2.75) is 4.90 Å². The lowest BCUT2D eigenvalue weighted by atomic mass is 10.3. The normalized spacial score (nSPS) is 10.9. The maximum atomic E-state index is 13.6. The van der Waals surface area contributed by atoms with E-state index in [0.717, 1.165) is 12.1 Å². The maximum absolute atomic E-state index is 13.6. The number of amides is 2. The van der Waals surface area contributed by atoms with Gasteiger partial charge in [0.2, 0.25) is 0 Å². The molecule has 0 bridgehead atoms. The van der Waals surface area contributed by atoms with Gasteiger partial charge in [0.05, 0.1) is 5.69 Å². The lowest BCUT2D eigenvalue weighted by Crippen LogP contribution is -2.24. The van der Waals surface area contributed by atoms with Crippen molar-refractivity contribution in [3.05, 3.63) is 54.1 Å². The van der Waals surface area contributed by atoms with Crippen LogP contribution in [0.4, 0.5) is 25.0 Å². The topological polar surface area (TPSA) is 87.3 Å². The van der Waals surface area contributed by atoms with Gasteiger partial charge in [-0.15, -0.1) is 0 Å². The van der Waals surface area contributed by atoms with Gasteiger partial charge in [0.1, 0.15) is 16.5 Å². The fourth-order valence-electron chi connectivity index (χ4n) is 1.75. The number of rotatable bonds is 4. The summed E-state index contributed by atoms with van der Waals surface area (Å²) in [6.45, 7) is 0. The molecule has 0 aliphatic heterocycles. The summed E-state index contributed by atoms with van der Waals surface area (Å²) in [7, 11) is -2.89. The van der Waals surface area contributed by atoms with Gasteiger partial charge in [0.25, 0.3) is 10.0 Å². The Morgan fingerprint density at radius 1 is 1.04 bits per heavy atom. The minimum absolute atomic E-state index is 0.0857. The molecule has 2 amide bonds. The number of sulfonamides is 1. The first-order valence-corrected chi connectivity index (χ1v) is 7.87. The minimum Gasteiger partial charge on any atom is -0.341 e. The van der Waals surface area contributed by atoms with Crippen LogP contribution in [-0.2, 0) is 10.0 Å². The second-order valence-electron chi connectivity index (χ2n) is 4.47. The molecule has 0 spiro atoms. The number of hydrogen-bond donors (Lipinski definition) is 3. The van der Waals surface area contributed by atoms with Gasteiger partial charge in [0, 0.05) is 12.7 Å². The van der Waals surface area contributed by atoms with Gasteiger partial charge in [-0.1, -0.05) is 6.07 Å². The lowest BCUT2D eigenvalue weighted by molar-refractivity contribution is 0.254. The van der Waals surface area contributed by atoms with E-state index in [9.17, 15) is 22.0 Å². The molecule has 0 saturated heterocycles. The number of anilines is 2. The summed E-state index contributed by atoms with van der Waals surface area (Å²) < 4.78 is 53.2. The highest BCUT2D eigenvalue weighted by Crippen LogP contribution is 2.22. The summed E-state index contributed by atoms with van der Waals surface area (Å²) in [4.78, 5) is 10.4. The van der Waals surface area contributed by atoms with Gasteiger partial charge < -0.3 is 10.6 Å². The lowest BCUT2D eigenvalue weighted by Gasteiger charge is -2.11. The Bertz CT molecular complexity index is 841. The third-order valence-electron chi connectivity index (χ3n) is 2.78. The molecule has 0 fully saturated rings. The highest BCUT2D eigenvalue weighted by atomic mass is 32.2. The first-order valence-electron chi connectivity index (χ1n) is 6.38. The summed E-state index contributed by atoms with van der Waals surface area (Å²) >= 11 is 0. The zero-order chi connectivity index (χ0) is 17.0. The molecular weight excluding hydrogens is 328 g/mol. The third kappa shape index (κ3) is 4.16. The molecule has 9 heteroatoms. The summed E-state index contributed by atoms with van der Waals surface area (Å²) in [5, 5.41) is 4.80. The highest BCUT2D eigenvalue weighted by molar-refractivity contribution is 7.92. The van der Waals surface area contributed by atoms with Crippen molar-refractivity contribution in [2.24, 2.45) is 0 Å². The standard InChI is InChI=1S/C14H13F2N3O3S/c1-17-14(20)18-10-3-2-4-11(8-10)19-23(21,22)13-7-9(15)5-6-12(13)16/h2-8,19H,1H3,(H2,17,18,20). The molecule has 2 aromatic carbocycles. The molecule has 0 aliphatic rings. The summed E-state index contributed by atoms with van der Waals surface area (Å²) in [6.07, 6.45) is 0. The molecule has 0 radical (unpaired) electrons. The molecule has 23 heavy (non-hydrogen) atoms. The van der Waals surface area contributed by atoms with E-state index < -0.39 is 32.6 Å². The smallest absolute Gasteiger partial charge is 0.318 e. The number of carbonyl (C=O) groups excluding carboxylic acids is 1. The van der Waals surface area contributed by atoms with Crippen molar-refractivity contribution < 1.29 is 22.0 Å².